The number of rotatable bonds is 5. The van der Waals surface area contributed by atoms with Gasteiger partial charge < -0.3 is 0 Å². The minimum absolute atomic E-state index is 0.0825. The molecule has 2 heteroatoms. The van der Waals surface area contributed by atoms with E-state index in [-0.39, 0.29) is 4.87 Å². The lowest BCUT2D eigenvalue weighted by atomic mass is 10.0. The Labute approximate surface area is 80.3 Å². The molecule has 68 valence electrons. The molecule has 1 atom stereocenters. The third-order valence-corrected chi connectivity index (χ3v) is 2.28. The molecule has 0 heterocycles. The van der Waals surface area contributed by atoms with E-state index >= 15 is 0 Å². The molecule has 0 aromatic carbocycles. The van der Waals surface area contributed by atoms with Crippen LogP contribution < -0.4 is 0 Å². The Kier molecular flexibility index (Phi) is 5.54. The fourth-order valence-corrected chi connectivity index (χ4v) is 1.39. The van der Waals surface area contributed by atoms with Crippen molar-refractivity contribution in [1.82, 2.24) is 0 Å². The van der Waals surface area contributed by atoms with Crippen molar-refractivity contribution in [1.29, 1.82) is 0 Å². The Hall–Kier alpha value is 0.580. The topological polar surface area (TPSA) is 0 Å². The van der Waals surface area contributed by atoms with Crippen LogP contribution in [0, 0.1) is 0 Å². The van der Waals surface area contributed by atoms with E-state index in [1.807, 2.05) is 13.8 Å². The van der Waals surface area contributed by atoms with Crippen LogP contribution in [0.5, 0.6) is 0 Å². The third kappa shape index (κ3) is 8.49. The fourth-order valence-electron chi connectivity index (χ4n) is 0.957. The summed E-state index contributed by atoms with van der Waals surface area (Å²) in [6.45, 7) is 6.22. The minimum atomic E-state index is -0.0825. The van der Waals surface area contributed by atoms with Crippen LogP contribution in [0.25, 0.3) is 0 Å². The van der Waals surface area contributed by atoms with Gasteiger partial charge in [0.1, 0.15) is 0 Å². The van der Waals surface area contributed by atoms with Crippen molar-refractivity contribution in [2.75, 3.05) is 0 Å². The molecule has 0 spiro atoms. The van der Waals surface area contributed by atoms with Gasteiger partial charge in [0.15, 0.2) is 0 Å². The molecular weight excluding hydrogens is 179 g/mol. The van der Waals surface area contributed by atoms with Crippen LogP contribution in [0.15, 0.2) is 0 Å². The lowest BCUT2D eigenvalue weighted by Crippen LogP contribution is -2.12. The van der Waals surface area contributed by atoms with Crippen molar-refractivity contribution in [2.45, 2.75) is 56.7 Å². The maximum absolute atomic E-state index is 6.03. The molecule has 0 N–H and O–H groups in total. The smallest absolute Gasteiger partial charge is 0.0391 e. The standard InChI is InChI=1S/C9H18Cl2/c1-4-5-8(10)6-7-9(2,3)11/h8H,4-7H2,1-3H3. The summed E-state index contributed by atoms with van der Waals surface area (Å²) >= 11 is 12.0. The molecule has 0 bridgehead atoms. The molecule has 0 fully saturated rings. The Balaban J connectivity index is 3.38. The molecule has 0 saturated carbocycles. The van der Waals surface area contributed by atoms with Gasteiger partial charge in [-0.25, -0.2) is 0 Å². The molecule has 0 saturated heterocycles. The zero-order valence-electron chi connectivity index (χ0n) is 7.66. The van der Waals surface area contributed by atoms with Crippen molar-refractivity contribution < 1.29 is 0 Å². The Bertz CT molecular complexity index is 94.2. The maximum atomic E-state index is 6.03. The van der Waals surface area contributed by atoms with Crippen LogP contribution in [0.4, 0.5) is 0 Å². The van der Waals surface area contributed by atoms with Crippen molar-refractivity contribution in [3.8, 4) is 0 Å². The molecule has 0 aliphatic heterocycles. The van der Waals surface area contributed by atoms with Crippen molar-refractivity contribution in [2.24, 2.45) is 0 Å². The highest BCUT2D eigenvalue weighted by Gasteiger charge is 2.14. The predicted molar refractivity (Wildman–Crippen MR) is 53.7 cm³/mol. The van der Waals surface area contributed by atoms with Crippen LogP contribution in [0.3, 0.4) is 0 Å². The van der Waals surface area contributed by atoms with E-state index in [4.69, 9.17) is 23.2 Å². The molecule has 0 rings (SSSR count). The molecule has 0 amide bonds. The summed E-state index contributed by atoms with van der Waals surface area (Å²) in [5, 5.41) is 0.318. The predicted octanol–water partition coefficient (Wildman–Crippen LogP) is 4.19. The van der Waals surface area contributed by atoms with Gasteiger partial charge in [0.2, 0.25) is 0 Å². The summed E-state index contributed by atoms with van der Waals surface area (Å²) in [7, 11) is 0. The van der Waals surface area contributed by atoms with Crippen molar-refractivity contribution in [3.63, 3.8) is 0 Å². The molecular formula is C9H18Cl2. The minimum Gasteiger partial charge on any atom is -0.123 e. The highest BCUT2D eigenvalue weighted by molar-refractivity contribution is 6.23. The second-order valence-electron chi connectivity index (χ2n) is 3.64. The van der Waals surface area contributed by atoms with E-state index in [1.165, 1.54) is 0 Å². The molecule has 0 aliphatic carbocycles. The zero-order valence-corrected chi connectivity index (χ0v) is 9.17. The lowest BCUT2D eigenvalue weighted by Gasteiger charge is -2.17. The Morgan fingerprint density at radius 2 is 1.82 bits per heavy atom. The van der Waals surface area contributed by atoms with Gasteiger partial charge in [-0.1, -0.05) is 13.3 Å². The van der Waals surface area contributed by atoms with Crippen LogP contribution in [-0.2, 0) is 0 Å². The van der Waals surface area contributed by atoms with Gasteiger partial charge in [0.05, 0.1) is 0 Å². The van der Waals surface area contributed by atoms with Crippen molar-refractivity contribution in [3.05, 3.63) is 0 Å². The van der Waals surface area contributed by atoms with Gasteiger partial charge in [-0.05, 0) is 33.1 Å². The van der Waals surface area contributed by atoms with E-state index in [9.17, 15) is 0 Å². The number of hydrogen-bond acceptors (Lipinski definition) is 0. The molecule has 0 aromatic heterocycles. The number of hydrogen-bond donors (Lipinski definition) is 0. The highest BCUT2D eigenvalue weighted by atomic mass is 35.5. The van der Waals surface area contributed by atoms with Gasteiger partial charge in [-0.2, -0.15) is 0 Å². The number of alkyl halides is 2. The summed E-state index contributed by atoms with van der Waals surface area (Å²) in [5.41, 5.74) is 0. The first-order valence-electron chi connectivity index (χ1n) is 4.28. The van der Waals surface area contributed by atoms with Gasteiger partial charge in [0.25, 0.3) is 0 Å². The molecule has 0 nitrogen and oxygen atoms in total. The SMILES string of the molecule is CCCC(Cl)CCC(C)(C)Cl. The average Bonchev–Trinajstić information content (AvgIpc) is 1.83. The molecule has 1 unspecified atom stereocenters. The lowest BCUT2D eigenvalue weighted by molar-refractivity contribution is 0.557. The summed E-state index contributed by atoms with van der Waals surface area (Å²) in [6, 6.07) is 0. The Morgan fingerprint density at radius 3 is 2.18 bits per heavy atom. The monoisotopic (exact) mass is 196 g/mol. The molecule has 11 heavy (non-hydrogen) atoms. The van der Waals surface area contributed by atoms with Gasteiger partial charge in [-0.3, -0.25) is 0 Å². The van der Waals surface area contributed by atoms with E-state index in [2.05, 4.69) is 6.92 Å². The summed E-state index contributed by atoms with van der Waals surface area (Å²) in [6.07, 6.45) is 4.31. The van der Waals surface area contributed by atoms with E-state index in [0.29, 0.717) is 5.38 Å². The molecule has 0 aromatic rings. The van der Waals surface area contributed by atoms with Crippen molar-refractivity contribution >= 4 is 23.2 Å². The summed E-state index contributed by atoms with van der Waals surface area (Å²) < 4.78 is 0. The van der Waals surface area contributed by atoms with E-state index in [1.54, 1.807) is 0 Å². The van der Waals surface area contributed by atoms with Gasteiger partial charge in [-0.15, -0.1) is 23.2 Å². The average molecular weight is 197 g/mol. The normalized spacial score (nSPS) is 15.0. The maximum Gasteiger partial charge on any atom is 0.0391 e. The second kappa shape index (κ2) is 5.27. The quantitative estimate of drug-likeness (QED) is 0.579. The van der Waals surface area contributed by atoms with Crippen LogP contribution >= 0.6 is 23.2 Å². The van der Waals surface area contributed by atoms with E-state index in [0.717, 1.165) is 25.7 Å². The second-order valence-corrected chi connectivity index (χ2v) is 5.28. The first kappa shape index (κ1) is 11.6. The zero-order chi connectivity index (χ0) is 8.91. The van der Waals surface area contributed by atoms with Gasteiger partial charge >= 0.3 is 0 Å². The summed E-state index contributed by atoms with van der Waals surface area (Å²) in [4.78, 5) is -0.0825. The molecule has 0 radical (unpaired) electrons. The Morgan fingerprint density at radius 1 is 1.27 bits per heavy atom. The number of halogens is 2. The largest absolute Gasteiger partial charge is 0.123 e. The first-order chi connectivity index (χ1) is 4.95. The van der Waals surface area contributed by atoms with E-state index < -0.39 is 0 Å². The van der Waals surface area contributed by atoms with Crippen LogP contribution in [0.2, 0.25) is 0 Å². The van der Waals surface area contributed by atoms with Gasteiger partial charge in [0, 0.05) is 10.3 Å². The summed E-state index contributed by atoms with van der Waals surface area (Å²) in [5.74, 6) is 0. The van der Waals surface area contributed by atoms with Crippen LogP contribution in [-0.4, -0.2) is 10.3 Å². The molecule has 0 aliphatic rings. The third-order valence-electron chi connectivity index (χ3n) is 1.65. The fraction of sp³-hybridized carbons (Fsp3) is 1.00. The highest BCUT2D eigenvalue weighted by Crippen LogP contribution is 2.23. The van der Waals surface area contributed by atoms with Crippen LogP contribution in [0.1, 0.15) is 46.5 Å². The first-order valence-corrected chi connectivity index (χ1v) is 5.10.